The zero-order valence-electron chi connectivity index (χ0n) is 11.5. The number of rotatable bonds is 2. The smallest absolute Gasteiger partial charge is 0.348 e. The van der Waals surface area contributed by atoms with Crippen LogP contribution >= 0.6 is 0 Å². The number of nitrogens with zero attached hydrogens (tertiary/aromatic N) is 2. The van der Waals surface area contributed by atoms with E-state index in [4.69, 9.17) is 9.47 Å². The SMILES string of the molecule is COC(=O)C1CN(C(=O)C2(C#N)CC2)c2ccccc2O1. The van der Waals surface area contributed by atoms with Gasteiger partial charge in [-0.15, -0.1) is 0 Å². The van der Waals surface area contributed by atoms with Gasteiger partial charge in [-0.1, -0.05) is 12.1 Å². The minimum atomic E-state index is -0.939. The highest BCUT2D eigenvalue weighted by Gasteiger charge is 2.54. The van der Waals surface area contributed by atoms with Crippen molar-refractivity contribution in [3.8, 4) is 11.8 Å². The molecule has 0 bridgehead atoms. The van der Waals surface area contributed by atoms with E-state index in [0.717, 1.165) is 0 Å². The number of anilines is 1. The third-order valence-corrected chi connectivity index (χ3v) is 3.86. The summed E-state index contributed by atoms with van der Waals surface area (Å²) in [5.74, 6) is -0.361. The average molecular weight is 286 g/mol. The minimum absolute atomic E-state index is 0.0615. The van der Waals surface area contributed by atoms with Crippen LogP contribution in [0.25, 0.3) is 0 Å². The maximum Gasteiger partial charge on any atom is 0.348 e. The van der Waals surface area contributed by atoms with E-state index in [2.05, 4.69) is 6.07 Å². The summed E-state index contributed by atoms with van der Waals surface area (Å²) in [4.78, 5) is 25.8. The summed E-state index contributed by atoms with van der Waals surface area (Å²) < 4.78 is 10.3. The van der Waals surface area contributed by atoms with Gasteiger partial charge in [0, 0.05) is 0 Å². The second-order valence-electron chi connectivity index (χ2n) is 5.21. The molecule has 1 unspecified atom stereocenters. The molecule has 2 aliphatic rings. The van der Waals surface area contributed by atoms with Gasteiger partial charge in [0.15, 0.2) is 0 Å². The van der Waals surface area contributed by atoms with Crippen LogP contribution in [-0.4, -0.2) is 31.6 Å². The van der Waals surface area contributed by atoms with Crippen molar-refractivity contribution >= 4 is 17.6 Å². The first-order valence-electron chi connectivity index (χ1n) is 6.68. The molecule has 1 aromatic carbocycles. The van der Waals surface area contributed by atoms with Crippen molar-refractivity contribution < 1.29 is 19.1 Å². The van der Waals surface area contributed by atoms with Crippen molar-refractivity contribution in [3.63, 3.8) is 0 Å². The van der Waals surface area contributed by atoms with Crippen molar-refractivity contribution in [2.75, 3.05) is 18.6 Å². The Bertz CT molecular complexity index is 645. The Labute approximate surface area is 121 Å². The van der Waals surface area contributed by atoms with Crippen molar-refractivity contribution in [1.29, 1.82) is 5.26 Å². The fraction of sp³-hybridized carbons (Fsp3) is 0.400. The molecule has 1 fully saturated rings. The van der Waals surface area contributed by atoms with Gasteiger partial charge < -0.3 is 14.4 Å². The van der Waals surface area contributed by atoms with E-state index < -0.39 is 17.5 Å². The van der Waals surface area contributed by atoms with Crippen LogP contribution in [0.15, 0.2) is 24.3 Å². The van der Waals surface area contributed by atoms with Gasteiger partial charge in [0.1, 0.15) is 11.2 Å². The molecule has 108 valence electrons. The van der Waals surface area contributed by atoms with Crippen LogP contribution in [0.5, 0.6) is 5.75 Å². The Balaban J connectivity index is 1.97. The number of benzene rings is 1. The highest BCUT2D eigenvalue weighted by atomic mass is 16.6. The van der Waals surface area contributed by atoms with E-state index in [1.807, 2.05) is 0 Å². The number of methoxy groups -OCH3 is 1. The monoisotopic (exact) mass is 286 g/mol. The Morgan fingerprint density at radius 1 is 1.43 bits per heavy atom. The van der Waals surface area contributed by atoms with Gasteiger partial charge in [0.2, 0.25) is 12.0 Å². The quantitative estimate of drug-likeness (QED) is 0.765. The zero-order chi connectivity index (χ0) is 15.0. The average Bonchev–Trinajstić information content (AvgIpc) is 3.33. The summed E-state index contributed by atoms with van der Waals surface area (Å²) in [6, 6.07) is 9.07. The topological polar surface area (TPSA) is 79.6 Å². The first kappa shape index (κ1) is 13.4. The molecule has 1 atom stereocenters. The fourth-order valence-electron chi connectivity index (χ4n) is 2.44. The molecule has 21 heavy (non-hydrogen) atoms. The molecule has 0 saturated heterocycles. The third kappa shape index (κ3) is 2.11. The predicted octanol–water partition coefficient (Wildman–Crippen LogP) is 1.26. The molecule has 6 heteroatoms. The lowest BCUT2D eigenvalue weighted by molar-refractivity contribution is -0.148. The van der Waals surface area contributed by atoms with Crippen molar-refractivity contribution in [3.05, 3.63) is 24.3 Å². The van der Waals surface area contributed by atoms with Gasteiger partial charge in [-0.2, -0.15) is 5.26 Å². The van der Waals surface area contributed by atoms with Gasteiger partial charge in [-0.05, 0) is 25.0 Å². The summed E-state index contributed by atoms with van der Waals surface area (Å²) in [5, 5.41) is 9.21. The molecule has 1 aliphatic carbocycles. The maximum atomic E-state index is 12.6. The molecule has 0 N–H and O–H groups in total. The van der Waals surface area contributed by atoms with Gasteiger partial charge in [0.05, 0.1) is 25.4 Å². The predicted molar refractivity (Wildman–Crippen MR) is 72.5 cm³/mol. The van der Waals surface area contributed by atoms with Gasteiger partial charge in [-0.3, -0.25) is 4.79 Å². The normalized spacial score (nSPS) is 21.5. The van der Waals surface area contributed by atoms with E-state index in [1.54, 1.807) is 24.3 Å². The third-order valence-electron chi connectivity index (χ3n) is 3.86. The Morgan fingerprint density at radius 3 is 2.76 bits per heavy atom. The number of esters is 1. The molecule has 1 aromatic rings. The largest absolute Gasteiger partial charge is 0.475 e. The summed E-state index contributed by atoms with van der Waals surface area (Å²) in [6.45, 7) is 0.0615. The molecule has 1 aliphatic heterocycles. The first-order chi connectivity index (χ1) is 10.1. The molecule has 3 rings (SSSR count). The number of fused-ring (bicyclic) bond motifs is 1. The molecule has 1 amide bonds. The Morgan fingerprint density at radius 2 is 2.14 bits per heavy atom. The minimum Gasteiger partial charge on any atom is -0.475 e. The number of nitriles is 1. The van der Waals surface area contributed by atoms with E-state index in [-0.39, 0.29) is 12.5 Å². The second-order valence-corrected chi connectivity index (χ2v) is 5.21. The molecule has 0 radical (unpaired) electrons. The lowest BCUT2D eigenvalue weighted by atomic mass is 10.1. The summed E-state index contributed by atoms with van der Waals surface area (Å²) >= 11 is 0. The molecular weight excluding hydrogens is 272 g/mol. The van der Waals surface area contributed by atoms with Crippen LogP contribution in [0.1, 0.15) is 12.8 Å². The van der Waals surface area contributed by atoms with Crippen LogP contribution in [0, 0.1) is 16.7 Å². The lowest BCUT2D eigenvalue weighted by Gasteiger charge is -2.34. The number of carbonyl (C=O) groups is 2. The number of ether oxygens (including phenoxy) is 2. The number of carbonyl (C=O) groups excluding carboxylic acids is 2. The van der Waals surface area contributed by atoms with Gasteiger partial charge >= 0.3 is 5.97 Å². The molecule has 0 aromatic heterocycles. The highest BCUT2D eigenvalue weighted by Crippen LogP contribution is 2.48. The Hall–Kier alpha value is -2.55. The molecule has 6 nitrogen and oxygen atoms in total. The van der Waals surface area contributed by atoms with Crippen molar-refractivity contribution in [1.82, 2.24) is 0 Å². The van der Waals surface area contributed by atoms with Crippen LogP contribution in [0.4, 0.5) is 5.69 Å². The number of hydrogen-bond acceptors (Lipinski definition) is 5. The van der Waals surface area contributed by atoms with Crippen molar-refractivity contribution in [2.24, 2.45) is 5.41 Å². The standard InChI is InChI=1S/C15H14N2O4/c1-20-13(18)12-8-17(14(19)15(9-16)6-7-15)10-4-2-3-5-11(10)21-12/h2-5,12H,6-8H2,1H3. The van der Waals surface area contributed by atoms with Crippen molar-refractivity contribution in [2.45, 2.75) is 18.9 Å². The summed E-state index contributed by atoms with van der Waals surface area (Å²) in [7, 11) is 1.27. The zero-order valence-corrected chi connectivity index (χ0v) is 11.5. The second kappa shape index (κ2) is 4.77. The van der Waals surface area contributed by atoms with E-state index in [1.165, 1.54) is 12.0 Å². The Kier molecular flexibility index (Phi) is 3.05. The van der Waals surface area contributed by atoms with Gasteiger partial charge in [0.25, 0.3) is 0 Å². The van der Waals surface area contributed by atoms with E-state index in [9.17, 15) is 14.9 Å². The van der Waals surface area contributed by atoms with Crippen LogP contribution < -0.4 is 9.64 Å². The van der Waals surface area contributed by atoms with E-state index >= 15 is 0 Å². The molecule has 0 spiro atoms. The van der Waals surface area contributed by atoms with E-state index in [0.29, 0.717) is 24.3 Å². The molecular formula is C15H14N2O4. The lowest BCUT2D eigenvalue weighted by Crippen LogP contribution is -2.49. The summed E-state index contributed by atoms with van der Waals surface area (Å²) in [5.41, 5.74) is -0.352. The molecule has 1 heterocycles. The highest BCUT2D eigenvalue weighted by molar-refractivity contribution is 6.03. The number of para-hydroxylation sites is 2. The van der Waals surface area contributed by atoms with Crippen LogP contribution in [0.3, 0.4) is 0 Å². The molecule has 1 saturated carbocycles. The first-order valence-corrected chi connectivity index (χ1v) is 6.68. The number of hydrogen-bond donors (Lipinski definition) is 0. The van der Waals surface area contributed by atoms with Gasteiger partial charge in [-0.25, -0.2) is 4.79 Å². The van der Waals surface area contributed by atoms with Crippen LogP contribution in [-0.2, 0) is 14.3 Å². The number of amides is 1. The van der Waals surface area contributed by atoms with Crippen LogP contribution in [0.2, 0.25) is 0 Å². The summed E-state index contributed by atoms with van der Waals surface area (Å²) in [6.07, 6.45) is 0.249. The fourth-order valence-corrected chi connectivity index (χ4v) is 2.44. The maximum absolute atomic E-state index is 12.6.